The lowest BCUT2D eigenvalue weighted by Gasteiger charge is -2.40. The smallest absolute Gasteiger partial charge is 0.332 e. The SMILES string of the molecule is CCOCC(=O)OC(CC)C(C)C1OC1CC(C)C=CC=C(C)C1OC(=O)CC(O[Si](C)(C)C(C)(C)C)CCC(C)(O)C(OC(C)=O)C=CC1C. The molecule has 2 aliphatic heterocycles. The van der Waals surface area contributed by atoms with Gasteiger partial charge in [0, 0.05) is 25.4 Å². The molecule has 2 rings (SSSR count). The number of hydrogen-bond acceptors (Lipinski definition) is 10. The topological polar surface area (TPSA) is 130 Å². The Hall–Kier alpha value is -2.31. The monoisotopic (exact) mass is 736 g/mol. The van der Waals surface area contributed by atoms with Crippen molar-refractivity contribution in [1.82, 2.24) is 0 Å². The number of carbonyl (C=O) groups is 3. The van der Waals surface area contributed by atoms with Crippen LogP contribution in [0.5, 0.6) is 0 Å². The summed E-state index contributed by atoms with van der Waals surface area (Å²) in [6.45, 7) is 26.1. The summed E-state index contributed by atoms with van der Waals surface area (Å²) in [5.74, 6) is -1.18. The zero-order chi connectivity index (χ0) is 38.7. The summed E-state index contributed by atoms with van der Waals surface area (Å²) < 4.78 is 35.3. The highest BCUT2D eigenvalue weighted by atomic mass is 28.4. The number of hydrogen-bond donors (Lipinski definition) is 1. The van der Waals surface area contributed by atoms with Gasteiger partial charge < -0.3 is 33.2 Å². The van der Waals surface area contributed by atoms with Crippen LogP contribution in [0.25, 0.3) is 0 Å². The second-order valence-electron chi connectivity index (χ2n) is 16.4. The average Bonchev–Trinajstić information content (AvgIpc) is 3.79. The highest BCUT2D eigenvalue weighted by Crippen LogP contribution is 2.39. The minimum Gasteiger partial charge on any atom is -0.460 e. The number of esters is 3. The third kappa shape index (κ3) is 14.6. The van der Waals surface area contributed by atoms with E-state index in [1.165, 1.54) is 6.92 Å². The molecule has 0 bridgehead atoms. The molecule has 1 saturated heterocycles. The van der Waals surface area contributed by atoms with Crippen molar-refractivity contribution in [3.05, 3.63) is 36.0 Å². The van der Waals surface area contributed by atoms with E-state index in [9.17, 15) is 19.5 Å². The Bertz CT molecular complexity index is 1230. The van der Waals surface area contributed by atoms with Crippen molar-refractivity contribution in [3.63, 3.8) is 0 Å². The van der Waals surface area contributed by atoms with Crippen molar-refractivity contribution >= 4 is 26.2 Å². The van der Waals surface area contributed by atoms with E-state index in [0.717, 1.165) is 12.0 Å². The molecule has 10 unspecified atom stereocenters. The molecule has 292 valence electrons. The van der Waals surface area contributed by atoms with Crippen LogP contribution in [0.15, 0.2) is 36.0 Å². The number of epoxide rings is 1. The molecule has 11 heteroatoms. The van der Waals surface area contributed by atoms with Crippen LogP contribution in [0.4, 0.5) is 0 Å². The minimum absolute atomic E-state index is 0.0345. The molecule has 0 saturated carbocycles. The third-order valence-electron chi connectivity index (χ3n) is 10.6. The van der Waals surface area contributed by atoms with Crippen molar-refractivity contribution in [2.75, 3.05) is 13.2 Å². The fourth-order valence-corrected chi connectivity index (χ4v) is 7.61. The Kier molecular flexibility index (Phi) is 17.3. The highest BCUT2D eigenvalue weighted by Gasteiger charge is 2.46. The zero-order valence-corrected chi connectivity index (χ0v) is 34.7. The number of ether oxygens (including phenoxy) is 5. The van der Waals surface area contributed by atoms with Gasteiger partial charge >= 0.3 is 17.9 Å². The van der Waals surface area contributed by atoms with E-state index in [-0.39, 0.29) is 72.5 Å². The molecule has 51 heavy (non-hydrogen) atoms. The molecule has 10 atom stereocenters. The summed E-state index contributed by atoms with van der Waals surface area (Å²) >= 11 is 0. The van der Waals surface area contributed by atoms with Gasteiger partial charge in [-0.25, -0.2) is 4.79 Å². The van der Waals surface area contributed by atoms with E-state index < -0.39 is 38.2 Å². The van der Waals surface area contributed by atoms with Gasteiger partial charge in [0.05, 0.1) is 24.7 Å². The quantitative estimate of drug-likeness (QED) is 0.0447. The van der Waals surface area contributed by atoms with Crippen LogP contribution < -0.4 is 0 Å². The summed E-state index contributed by atoms with van der Waals surface area (Å²) in [6, 6.07) is 0. The molecule has 1 N–H and O–H groups in total. The fourth-order valence-electron chi connectivity index (χ4n) is 6.22. The Morgan fingerprint density at radius 2 is 1.82 bits per heavy atom. The first-order valence-electron chi connectivity index (χ1n) is 18.8. The third-order valence-corrected chi connectivity index (χ3v) is 15.1. The molecule has 0 spiro atoms. The van der Waals surface area contributed by atoms with Crippen molar-refractivity contribution in [3.8, 4) is 0 Å². The molecule has 0 radical (unpaired) electrons. The summed E-state index contributed by atoms with van der Waals surface area (Å²) in [7, 11) is -2.26. The van der Waals surface area contributed by atoms with E-state index in [1.807, 2.05) is 45.9 Å². The molecule has 2 heterocycles. The van der Waals surface area contributed by atoms with Gasteiger partial charge in [0.1, 0.15) is 30.5 Å². The number of cyclic esters (lactones) is 1. The van der Waals surface area contributed by atoms with E-state index in [4.69, 9.17) is 28.1 Å². The van der Waals surface area contributed by atoms with Crippen LogP contribution in [0.1, 0.15) is 108 Å². The first-order chi connectivity index (χ1) is 23.6. The lowest BCUT2D eigenvalue weighted by Crippen LogP contribution is -2.46. The van der Waals surface area contributed by atoms with Gasteiger partial charge in [-0.3, -0.25) is 9.59 Å². The molecular weight excluding hydrogens is 669 g/mol. The molecular formula is C40H68O10Si. The van der Waals surface area contributed by atoms with Crippen molar-refractivity contribution in [1.29, 1.82) is 0 Å². The second kappa shape index (κ2) is 19.7. The maximum atomic E-state index is 13.5. The van der Waals surface area contributed by atoms with Gasteiger partial charge in [-0.2, -0.15) is 0 Å². The van der Waals surface area contributed by atoms with E-state index >= 15 is 0 Å². The van der Waals surface area contributed by atoms with E-state index in [2.05, 4.69) is 53.8 Å². The van der Waals surface area contributed by atoms with Gasteiger partial charge in [-0.1, -0.05) is 72.8 Å². The molecule has 1 fully saturated rings. The van der Waals surface area contributed by atoms with Crippen LogP contribution in [0.2, 0.25) is 18.1 Å². The molecule has 0 aromatic carbocycles. The predicted molar refractivity (Wildman–Crippen MR) is 201 cm³/mol. The highest BCUT2D eigenvalue weighted by molar-refractivity contribution is 6.74. The number of allylic oxidation sites excluding steroid dienone is 3. The number of rotatable bonds is 15. The molecule has 0 aromatic rings. The van der Waals surface area contributed by atoms with E-state index in [1.54, 1.807) is 13.0 Å². The summed E-state index contributed by atoms with van der Waals surface area (Å²) in [5.41, 5.74) is -0.514. The van der Waals surface area contributed by atoms with Crippen LogP contribution in [-0.4, -0.2) is 86.8 Å². The predicted octanol–water partition coefficient (Wildman–Crippen LogP) is 7.64. The number of carbonyl (C=O) groups excluding carboxylic acids is 3. The molecule has 0 aromatic heterocycles. The van der Waals surface area contributed by atoms with Crippen LogP contribution in [-0.2, 0) is 42.5 Å². The Labute approximate surface area is 308 Å². The average molecular weight is 737 g/mol. The summed E-state index contributed by atoms with van der Waals surface area (Å²) in [4.78, 5) is 37.7. The van der Waals surface area contributed by atoms with Gasteiger partial charge in [-0.05, 0) is 82.2 Å². The standard InChI is InChI=1S/C40H68O10Si/c1-14-32(47-36(43)25-45-15-2)29(6)38-33(48-38)23-26(3)17-16-18-27(4)37-28(5)19-20-34(46-30(7)41)40(11,44)22-21-31(24-35(42)49-37)50-51(12,13)39(8,9)10/h16-20,26,28-29,31-34,37-38,44H,14-15,21-25H2,1-13H3. The second-order valence-corrected chi connectivity index (χ2v) is 21.1. The van der Waals surface area contributed by atoms with Gasteiger partial charge in [0.2, 0.25) is 0 Å². The summed E-state index contributed by atoms with van der Waals surface area (Å²) in [6.07, 6.45) is 9.86. The fraction of sp³-hybridized carbons (Fsp3) is 0.775. The van der Waals surface area contributed by atoms with Crippen LogP contribution in [0, 0.1) is 17.8 Å². The number of aliphatic hydroxyl groups is 1. The van der Waals surface area contributed by atoms with Crippen molar-refractivity contribution in [2.45, 2.75) is 169 Å². The molecule has 0 amide bonds. The molecule has 0 aliphatic carbocycles. The van der Waals surface area contributed by atoms with Crippen LogP contribution >= 0.6 is 0 Å². The lowest BCUT2D eigenvalue weighted by atomic mass is 9.88. The Morgan fingerprint density at radius 3 is 2.41 bits per heavy atom. The van der Waals surface area contributed by atoms with Crippen molar-refractivity contribution in [2.24, 2.45) is 17.8 Å². The van der Waals surface area contributed by atoms with Gasteiger partial charge in [0.15, 0.2) is 8.32 Å². The van der Waals surface area contributed by atoms with Crippen LogP contribution in [0.3, 0.4) is 0 Å². The van der Waals surface area contributed by atoms with E-state index in [0.29, 0.717) is 19.4 Å². The molecule has 10 nitrogen and oxygen atoms in total. The molecule has 2 aliphatic rings. The zero-order valence-electron chi connectivity index (χ0n) is 33.7. The Balaban J connectivity index is 2.21. The maximum absolute atomic E-state index is 13.5. The van der Waals surface area contributed by atoms with Gasteiger partial charge in [0.25, 0.3) is 0 Å². The van der Waals surface area contributed by atoms with Gasteiger partial charge in [-0.15, -0.1) is 0 Å². The first kappa shape index (κ1) is 44.8. The Morgan fingerprint density at radius 1 is 1.16 bits per heavy atom. The summed E-state index contributed by atoms with van der Waals surface area (Å²) in [5, 5.41) is 11.4. The lowest BCUT2D eigenvalue weighted by molar-refractivity contribution is -0.158. The largest absolute Gasteiger partial charge is 0.460 e. The minimum atomic E-state index is -2.26. The van der Waals surface area contributed by atoms with Crippen molar-refractivity contribution < 1.29 is 47.6 Å². The maximum Gasteiger partial charge on any atom is 0.332 e. The first-order valence-corrected chi connectivity index (χ1v) is 21.7. The normalized spacial score (nSPS) is 30.1.